The molecule has 0 aliphatic carbocycles. The first kappa shape index (κ1) is 9.08. The Morgan fingerprint density at radius 2 is 2.50 bits per heavy atom. The number of aliphatic hydroxyl groups is 1. The van der Waals surface area contributed by atoms with Crippen LogP contribution in [0.1, 0.15) is 12.1 Å². The van der Waals surface area contributed by atoms with Gasteiger partial charge in [-0.3, -0.25) is 4.79 Å². The number of carbonyl (C=O) groups excluding carboxylic acids is 1. The van der Waals surface area contributed by atoms with E-state index in [1.165, 1.54) is 6.33 Å². The van der Waals surface area contributed by atoms with E-state index >= 15 is 0 Å². The van der Waals surface area contributed by atoms with Crippen molar-refractivity contribution in [2.24, 2.45) is 0 Å². The number of hydrogen-bond acceptors (Lipinski definition) is 4. The summed E-state index contributed by atoms with van der Waals surface area (Å²) in [5, 5.41) is 9.25. The average molecular weight is 193 g/mol. The zero-order valence-corrected chi connectivity index (χ0v) is 7.63. The second kappa shape index (κ2) is 3.71. The van der Waals surface area contributed by atoms with E-state index in [-0.39, 0.29) is 12.3 Å². The smallest absolute Gasteiger partial charge is 0.225 e. The van der Waals surface area contributed by atoms with Gasteiger partial charge in [0.1, 0.15) is 6.33 Å². The van der Waals surface area contributed by atoms with E-state index in [2.05, 4.69) is 9.97 Å². The maximum Gasteiger partial charge on any atom is 0.225 e. The largest absolute Gasteiger partial charge is 0.391 e. The molecule has 5 heteroatoms. The Labute approximate surface area is 81.4 Å². The Bertz CT molecular complexity index is 328. The summed E-state index contributed by atoms with van der Waals surface area (Å²) in [4.78, 5) is 20.7. The molecule has 1 fully saturated rings. The van der Waals surface area contributed by atoms with Gasteiger partial charge in [0.25, 0.3) is 0 Å². The third kappa shape index (κ3) is 1.88. The number of β-amino-alcohol motifs (C(OH)–C–C–N with tert-alkyl or cyclic N) is 1. The molecular formula is C9H11N3O2. The molecule has 1 amide bonds. The van der Waals surface area contributed by atoms with E-state index in [9.17, 15) is 9.90 Å². The highest BCUT2D eigenvalue weighted by atomic mass is 16.3. The SMILES string of the molecule is O=C1CC(O)CN1Cc1ccncn1. The van der Waals surface area contributed by atoms with Crippen LogP contribution in [0.3, 0.4) is 0 Å². The van der Waals surface area contributed by atoms with Gasteiger partial charge in [-0.25, -0.2) is 9.97 Å². The minimum atomic E-state index is -0.524. The first-order valence-electron chi connectivity index (χ1n) is 4.46. The topological polar surface area (TPSA) is 66.3 Å². The Hall–Kier alpha value is -1.49. The van der Waals surface area contributed by atoms with Gasteiger partial charge in [-0.05, 0) is 6.07 Å². The molecule has 1 saturated heterocycles. The number of amides is 1. The highest BCUT2D eigenvalue weighted by molar-refractivity contribution is 5.78. The maximum absolute atomic E-state index is 11.3. The van der Waals surface area contributed by atoms with Crippen LogP contribution < -0.4 is 0 Å². The molecule has 5 nitrogen and oxygen atoms in total. The van der Waals surface area contributed by atoms with Crippen molar-refractivity contribution >= 4 is 5.91 Å². The zero-order valence-electron chi connectivity index (χ0n) is 7.63. The summed E-state index contributed by atoms with van der Waals surface area (Å²) in [5.41, 5.74) is 0.794. The van der Waals surface area contributed by atoms with Crippen molar-refractivity contribution in [2.75, 3.05) is 6.54 Å². The standard InChI is InChI=1S/C9H11N3O2/c13-8-3-9(14)12(5-8)4-7-1-2-10-6-11-7/h1-2,6,8,13H,3-5H2. The van der Waals surface area contributed by atoms with Gasteiger partial charge in [0, 0.05) is 12.7 Å². The van der Waals surface area contributed by atoms with E-state index in [1.807, 2.05) is 0 Å². The molecule has 1 unspecified atom stereocenters. The van der Waals surface area contributed by atoms with Crippen LogP contribution in [0.5, 0.6) is 0 Å². The molecule has 1 aromatic heterocycles. The van der Waals surface area contributed by atoms with Crippen molar-refractivity contribution < 1.29 is 9.90 Å². The first-order valence-corrected chi connectivity index (χ1v) is 4.46. The fourth-order valence-corrected chi connectivity index (χ4v) is 1.51. The molecular weight excluding hydrogens is 182 g/mol. The van der Waals surface area contributed by atoms with Gasteiger partial charge in [0.15, 0.2) is 0 Å². The fourth-order valence-electron chi connectivity index (χ4n) is 1.51. The summed E-state index contributed by atoms with van der Waals surface area (Å²) < 4.78 is 0. The molecule has 2 rings (SSSR count). The van der Waals surface area contributed by atoms with Gasteiger partial charge >= 0.3 is 0 Å². The van der Waals surface area contributed by atoms with E-state index < -0.39 is 6.10 Å². The lowest BCUT2D eigenvalue weighted by Gasteiger charge is -2.14. The highest BCUT2D eigenvalue weighted by Crippen LogP contribution is 2.13. The third-order valence-corrected chi connectivity index (χ3v) is 2.19. The van der Waals surface area contributed by atoms with Crippen molar-refractivity contribution in [3.63, 3.8) is 0 Å². The van der Waals surface area contributed by atoms with Crippen LogP contribution >= 0.6 is 0 Å². The quantitative estimate of drug-likeness (QED) is 0.692. The summed E-state index contributed by atoms with van der Waals surface area (Å²) in [6, 6.07) is 1.76. The number of carbonyl (C=O) groups is 1. The number of aromatic nitrogens is 2. The minimum Gasteiger partial charge on any atom is -0.391 e. The molecule has 14 heavy (non-hydrogen) atoms. The molecule has 1 aromatic rings. The Morgan fingerprint density at radius 1 is 1.64 bits per heavy atom. The van der Waals surface area contributed by atoms with Crippen molar-refractivity contribution in [3.05, 3.63) is 24.3 Å². The lowest BCUT2D eigenvalue weighted by molar-refractivity contribution is -0.128. The van der Waals surface area contributed by atoms with Crippen LogP contribution in [-0.2, 0) is 11.3 Å². The van der Waals surface area contributed by atoms with E-state index in [0.717, 1.165) is 5.69 Å². The summed E-state index contributed by atoms with van der Waals surface area (Å²) in [5.74, 6) is -0.0175. The van der Waals surface area contributed by atoms with Gasteiger partial charge in [0.05, 0.1) is 24.8 Å². The molecule has 0 spiro atoms. The van der Waals surface area contributed by atoms with E-state index in [4.69, 9.17) is 0 Å². The summed E-state index contributed by atoms with van der Waals surface area (Å²) in [7, 11) is 0. The molecule has 74 valence electrons. The molecule has 1 N–H and O–H groups in total. The fraction of sp³-hybridized carbons (Fsp3) is 0.444. The molecule has 2 heterocycles. The minimum absolute atomic E-state index is 0.0175. The number of nitrogens with zero attached hydrogens (tertiary/aromatic N) is 3. The second-order valence-electron chi connectivity index (χ2n) is 3.33. The Morgan fingerprint density at radius 3 is 3.07 bits per heavy atom. The van der Waals surface area contributed by atoms with Gasteiger partial charge in [-0.2, -0.15) is 0 Å². The van der Waals surface area contributed by atoms with Crippen LogP contribution in [0.2, 0.25) is 0 Å². The van der Waals surface area contributed by atoms with Crippen molar-refractivity contribution in [2.45, 2.75) is 19.1 Å². The molecule has 1 atom stereocenters. The number of rotatable bonds is 2. The normalized spacial score (nSPS) is 21.6. The van der Waals surface area contributed by atoms with Crippen LogP contribution in [0.15, 0.2) is 18.6 Å². The van der Waals surface area contributed by atoms with Crippen LogP contribution in [0.25, 0.3) is 0 Å². The van der Waals surface area contributed by atoms with E-state index in [1.54, 1.807) is 17.2 Å². The molecule has 1 aliphatic rings. The Kier molecular flexibility index (Phi) is 2.41. The summed E-state index contributed by atoms with van der Waals surface area (Å²) in [6.07, 6.45) is 2.79. The van der Waals surface area contributed by atoms with Crippen molar-refractivity contribution in [1.29, 1.82) is 0 Å². The molecule has 1 aliphatic heterocycles. The number of hydrogen-bond donors (Lipinski definition) is 1. The van der Waals surface area contributed by atoms with Crippen molar-refractivity contribution in [1.82, 2.24) is 14.9 Å². The first-order chi connectivity index (χ1) is 6.75. The molecule has 0 aromatic carbocycles. The molecule has 0 saturated carbocycles. The third-order valence-electron chi connectivity index (χ3n) is 2.19. The number of likely N-dealkylation sites (tertiary alicyclic amines) is 1. The Balaban J connectivity index is 2.02. The second-order valence-corrected chi connectivity index (χ2v) is 3.33. The van der Waals surface area contributed by atoms with Gasteiger partial charge in [-0.1, -0.05) is 0 Å². The highest BCUT2D eigenvalue weighted by Gasteiger charge is 2.27. The zero-order chi connectivity index (χ0) is 9.97. The molecule has 0 bridgehead atoms. The van der Waals surface area contributed by atoms with Crippen LogP contribution in [-0.4, -0.2) is 38.5 Å². The predicted octanol–water partition coefficient (Wildman–Crippen LogP) is -0.430. The number of aliphatic hydroxyl groups excluding tert-OH is 1. The van der Waals surface area contributed by atoms with Crippen molar-refractivity contribution in [3.8, 4) is 0 Å². The lowest BCUT2D eigenvalue weighted by atomic mass is 10.3. The van der Waals surface area contributed by atoms with E-state index in [0.29, 0.717) is 13.1 Å². The lowest BCUT2D eigenvalue weighted by Crippen LogP contribution is -2.25. The van der Waals surface area contributed by atoms with Crippen LogP contribution in [0.4, 0.5) is 0 Å². The van der Waals surface area contributed by atoms with Crippen LogP contribution in [0, 0.1) is 0 Å². The van der Waals surface area contributed by atoms with Gasteiger partial charge < -0.3 is 10.0 Å². The average Bonchev–Trinajstić information content (AvgIpc) is 2.47. The summed E-state index contributed by atoms with van der Waals surface area (Å²) >= 11 is 0. The summed E-state index contributed by atoms with van der Waals surface area (Å²) in [6.45, 7) is 0.862. The maximum atomic E-state index is 11.3. The van der Waals surface area contributed by atoms with Gasteiger partial charge in [-0.15, -0.1) is 0 Å². The monoisotopic (exact) mass is 193 g/mol. The molecule has 0 radical (unpaired) electrons. The van der Waals surface area contributed by atoms with Gasteiger partial charge in [0.2, 0.25) is 5.91 Å². The predicted molar refractivity (Wildman–Crippen MR) is 48.1 cm³/mol.